The quantitative estimate of drug-likeness (QED) is 0.155. The minimum Gasteiger partial charge on any atom is -0.435 e. The summed E-state index contributed by atoms with van der Waals surface area (Å²) in [4.78, 5) is 21.7. The molecule has 0 fully saturated rings. The van der Waals surface area contributed by atoms with Gasteiger partial charge in [-0.25, -0.2) is 9.97 Å². The molecule has 0 aliphatic carbocycles. The Kier molecular flexibility index (Phi) is 7.69. The minimum absolute atomic E-state index is 0.598. The Labute approximate surface area is 311 Å². The molecule has 4 aromatic heterocycles. The van der Waals surface area contributed by atoms with Crippen molar-refractivity contribution in [2.45, 2.75) is 0 Å². The highest BCUT2D eigenvalue weighted by atomic mass is 16.3. The Morgan fingerprint density at radius 3 is 1.70 bits per heavy atom. The van der Waals surface area contributed by atoms with Crippen LogP contribution in [0.2, 0.25) is 0 Å². The highest BCUT2D eigenvalue weighted by molar-refractivity contribution is 6.22. The van der Waals surface area contributed by atoms with Crippen molar-refractivity contribution in [3.05, 3.63) is 188 Å². The highest BCUT2D eigenvalue weighted by Crippen LogP contribution is 2.44. The molecule has 6 heteroatoms. The van der Waals surface area contributed by atoms with Crippen LogP contribution in [0.4, 0.5) is 17.1 Å². The van der Waals surface area contributed by atoms with E-state index in [1.165, 1.54) is 0 Å². The van der Waals surface area contributed by atoms with Crippen molar-refractivity contribution >= 4 is 49.7 Å². The molecule has 0 saturated heterocycles. The lowest BCUT2D eigenvalue weighted by molar-refractivity contribution is 0.623. The summed E-state index contributed by atoms with van der Waals surface area (Å²) in [6, 6.07) is 60.2. The number of oxazole rings is 1. The van der Waals surface area contributed by atoms with Crippen molar-refractivity contribution in [1.29, 1.82) is 0 Å². The molecular weight excluding hydrogens is 663 g/mol. The van der Waals surface area contributed by atoms with Gasteiger partial charge >= 0.3 is 0 Å². The second-order valence-electron chi connectivity index (χ2n) is 13.1. The minimum atomic E-state index is 0.598. The second kappa shape index (κ2) is 13.3. The van der Waals surface area contributed by atoms with E-state index in [4.69, 9.17) is 14.4 Å². The zero-order chi connectivity index (χ0) is 35.8. The number of benzene rings is 6. The zero-order valence-electron chi connectivity index (χ0n) is 29.0. The van der Waals surface area contributed by atoms with Crippen LogP contribution in [-0.4, -0.2) is 19.9 Å². The second-order valence-corrected chi connectivity index (χ2v) is 13.1. The Hall–Kier alpha value is -7.44. The van der Waals surface area contributed by atoms with E-state index in [1.807, 2.05) is 72.8 Å². The molecule has 6 nitrogen and oxygen atoms in total. The van der Waals surface area contributed by atoms with E-state index >= 15 is 0 Å². The molecule has 0 aliphatic rings. The SMILES string of the molecule is c1ccc(-c2nc3ccc4cc(-c5ccccc5)c5ccc(N(c6ccccc6)c6cc(-c7ccccn7)nc(-c7ccccn7)c6)cc5c4c3o2)cc1. The first kappa shape index (κ1) is 31.3. The van der Waals surface area contributed by atoms with E-state index in [0.717, 1.165) is 89.2 Å². The number of anilines is 3. The number of para-hydroxylation sites is 1. The topological polar surface area (TPSA) is 67.9 Å². The molecule has 0 radical (unpaired) electrons. The molecule has 0 N–H and O–H groups in total. The van der Waals surface area contributed by atoms with Crippen LogP contribution in [0.15, 0.2) is 193 Å². The lowest BCUT2D eigenvalue weighted by atomic mass is 9.92. The first-order valence-corrected chi connectivity index (χ1v) is 17.9. The van der Waals surface area contributed by atoms with Gasteiger partial charge < -0.3 is 9.32 Å². The first-order chi connectivity index (χ1) is 26.8. The average molecular weight is 694 g/mol. The van der Waals surface area contributed by atoms with Crippen molar-refractivity contribution in [1.82, 2.24) is 19.9 Å². The average Bonchev–Trinajstić information content (AvgIpc) is 3.70. The van der Waals surface area contributed by atoms with Crippen molar-refractivity contribution in [3.8, 4) is 45.4 Å². The van der Waals surface area contributed by atoms with E-state index in [9.17, 15) is 0 Å². The number of rotatable bonds is 7. The van der Waals surface area contributed by atoms with E-state index < -0.39 is 0 Å². The molecule has 54 heavy (non-hydrogen) atoms. The van der Waals surface area contributed by atoms with Crippen molar-refractivity contribution < 1.29 is 4.42 Å². The van der Waals surface area contributed by atoms with Crippen LogP contribution in [0.1, 0.15) is 0 Å². The molecule has 0 bridgehead atoms. The van der Waals surface area contributed by atoms with Crippen LogP contribution in [0, 0.1) is 0 Å². The Morgan fingerprint density at radius 1 is 0.426 bits per heavy atom. The number of nitrogens with zero attached hydrogens (tertiary/aromatic N) is 5. The maximum atomic E-state index is 6.67. The Balaban J connectivity index is 1.26. The fourth-order valence-electron chi connectivity index (χ4n) is 7.27. The summed E-state index contributed by atoms with van der Waals surface area (Å²) in [7, 11) is 0. The third-order valence-corrected chi connectivity index (χ3v) is 9.75. The van der Waals surface area contributed by atoms with Crippen LogP contribution in [0.3, 0.4) is 0 Å². The van der Waals surface area contributed by atoms with Gasteiger partial charge in [-0.1, -0.05) is 91.0 Å². The van der Waals surface area contributed by atoms with Gasteiger partial charge in [-0.2, -0.15) is 0 Å². The highest BCUT2D eigenvalue weighted by Gasteiger charge is 2.21. The van der Waals surface area contributed by atoms with Gasteiger partial charge in [-0.05, 0) is 112 Å². The van der Waals surface area contributed by atoms with Gasteiger partial charge in [0, 0.05) is 34.7 Å². The van der Waals surface area contributed by atoms with E-state index in [1.54, 1.807) is 12.4 Å². The predicted octanol–water partition coefficient (Wildman–Crippen LogP) is 12.5. The molecule has 0 unspecified atom stereocenters. The molecule has 10 rings (SSSR count). The molecule has 0 saturated carbocycles. The van der Waals surface area contributed by atoms with Crippen LogP contribution in [0.5, 0.6) is 0 Å². The summed E-state index contributed by atoms with van der Waals surface area (Å²) in [6.07, 6.45) is 3.59. The largest absolute Gasteiger partial charge is 0.435 e. The van der Waals surface area contributed by atoms with Crippen LogP contribution >= 0.6 is 0 Å². The van der Waals surface area contributed by atoms with Gasteiger partial charge in [0.2, 0.25) is 5.89 Å². The number of aromatic nitrogens is 4. The Bertz CT molecular complexity index is 2860. The van der Waals surface area contributed by atoms with Crippen LogP contribution in [-0.2, 0) is 0 Å². The van der Waals surface area contributed by atoms with E-state index in [-0.39, 0.29) is 0 Å². The van der Waals surface area contributed by atoms with E-state index in [2.05, 4.69) is 118 Å². The molecule has 4 heterocycles. The number of fused-ring (bicyclic) bond motifs is 5. The van der Waals surface area contributed by atoms with Gasteiger partial charge in [-0.3, -0.25) is 9.97 Å². The number of pyridine rings is 3. The van der Waals surface area contributed by atoms with Crippen molar-refractivity contribution in [2.24, 2.45) is 0 Å². The molecular formula is C48H31N5O. The first-order valence-electron chi connectivity index (χ1n) is 17.9. The smallest absolute Gasteiger partial charge is 0.227 e. The van der Waals surface area contributed by atoms with E-state index in [0.29, 0.717) is 5.89 Å². The fraction of sp³-hybridized carbons (Fsp3) is 0. The van der Waals surface area contributed by atoms with Gasteiger partial charge in [0.25, 0.3) is 0 Å². The third kappa shape index (κ3) is 5.63. The molecule has 0 amide bonds. The van der Waals surface area contributed by atoms with Gasteiger partial charge in [0.1, 0.15) is 5.52 Å². The standard InChI is InChI=1S/C48H31N5O/c1-4-14-32(15-5-1)39-28-34-22-25-43-47(54-48(52-43)33-16-6-2-7-17-33)46(34)40-29-36(23-24-38(39)40)53(35-18-8-3-9-19-35)37-30-44(41-20-10-12-26-49-41)51-45(31-37)42-21-11-13-27-50-42/h1-31H. The number of hydrogen-bond donors (Lipinski definition) is 0. The normalized spacial score (nSPS) is 11.3. The zero-order valence-corrected chi connectivity index (χ0v) is 29.0. The lowest BCUT2D eigenvalue weighted by Gasteiger charge is -2.27. The summed E-state index contributed by atoms with van der Waals surface area (Å²) in [5.41, 5.74) is 10.8. The molecule has 0 spiro atoms. The van der Waals surface area contributed by atoms with Gasteiger partial charge in [-0.15, -0.1) is 0 Å². The van der Waals surface area contributed by atoms with Gasteiger partial charge in [0.05, 0.1) is 28.5 Å². The summed E-state index contributed by atoms with van der Waals surface area (Å²) in [5, 5.41) is 4.28. The maximum absolute atomic E-state index is 6.67. The number of hydrogen-bond acceptors (Lipinski definition) is 6. The summed E-state index contributed by atoms with van der Waals surface area (Å²) >= 11 is 0. The summed E-state index contributed by atoms with van der Waals surface area (Å²) in [6.45, 7) is 0. The Morgan fingerprint density at radius 2 is 1.06 bits per heavy atom. The van der Waals surface area contributed by atoms with Crippen LogP contribution < -0.4 is 4.90 Å². The maximum Gasteiger partial charge on any atom is 0.227 e. The summed E-state index contributed by atoms with van der Waals surface area (Å²) < 4.78 is 6.67. The molecule has 0 aliphatic heterocycles. The third-order valence-electron chi connectivity index (χ3n) is 9.75. The molecule has 6 aromatic carbocycles. The predicted molar refractivity (Wildman–Crippen MR) is 219 cm³/mol. The van der Waals surface area contributed by atoms with Gasteiger partial charge in [0.15, 0.2) is 5.58 Å². The molecule has 0 atom stereocenters. The fourth-order valence-corrected chi connectivity index (χ4v) is 7.27. The lowest BCUT2D eigenvalue weighted by Crippen LogP contribution is -2.11. The monoisotopic (exact) mass is 693 g/mol. The van der Waals surface area contributed by atoms with Crippen molar-refractivity contribution in [3.63, 3.8) is 0 Å². The molecule has 10 aromatic rings. The summed E-state index contributed by atoms with van der Waals surface area (Å²) in [5.74, 6) is 0.598. The molecule has 254 valence electrons. The van der Waals surface area contributed by atoms with Crippen LogP contribution in [0.25, 0.3) is 78.0 Å². The van der Waals surface area contributed by atoms with Crippen molar-refractivity contribution in [2.75, 3.05) is 4.90 Å².